The van der Waals surface area contributed by atoms with Crippen molar-refractivity contribution in [3.05, 3.63) is 69.8 Å². The van der Waals surface area contributed by atoms with Gasteiger partial charge in [0, 0.05) is 40.7 Å². The standard InChI is InChI=1S/C25H30F2N4O4/c1-15-6-7-18(20(26)10-15)24(34)28-9-8-22(32)31(5)14-17-12-19(21(27)11-16(17)2)25(35)29-13-23(33)30(3)4/h6-7,10-12H,8-9,13-14H2,1-5H3,(H,28,34)(H,29,35). The van der Waals surface area contributed by atoms with Crippen molar-refractivity contribution in [2.75, 3.05) is 34.2 Å². The van der Waals surface area contributed by atoms with Crippen LogP contribution in [-0.2, 0) is 16.1 Å². The fourth-order valence-corrected chi connectivity index (χ4v) is 3.19. The van der Waals surface area contributed by atoms with Crippen molar-refractivity contribution in [2.45, 2.75) is 26.8 Å². The number of nitrogens with one attached hydrogen (secondary N) is 2. The molecule has 0 aliphatic heterocycles. The van der Waals surface area contributed by atoms with Gasteiger partial charge in [0.15, 0.2) is 0 Å². The first-order valence-corrected chi connectivity index (χ1v) is 11.0. The second-order valence-electron chi connectivity index (χ2n) is 8.47. The van der Waals surface area contributed by atoms with Crippen LogP contribution in [0, 0.1) is 25.5 Å². The first-order valence-electron chi connectivity index (χ1n) is 11.0. The topological polar surface area (TPSA) is 98.8 Å². The van der Waals surface area contributed by atoms with Gasteiger partial charge in [-0.3, -0.25) is 19.2 Å². The van der Waals surface area contributed by atoms with E-state index in [1.165, 1.54) is 48.2 Å². The minimum atomic E-state index is -0.737. The average Bonchev–Trinajstić information content (AvgIpc) is 2.78. The Kier molecular flexibility index (Phi) is 9.44. The second kappa shape index (κ2) is 12.0. The number of likely N-dealkylation sites (N-methyl/N-ethyl adjacent to an activating group) is 1. The number of rotatable bonds is 9. The first kappa shape index (κ1) is 27.4. The lowest BCUT2D eigenvalue weighted by Gasteiger charge is -2.20. The van der Waals surface area contributed by atoms with Crippen LogP contribution in [0.25, 0.3) is 0 Å². The highest BCUT2D eigenvalue weighted by atomic mass is 19.1. The molecule has 0 saturated carbocycles. The van der Waals surface area contributed by atoms with Crippen LogP contribution in [0.1, 0.15) is 43.8 Å². The van der Waals surface area contributed by atoms with Gasteiger partial charge in [-0.15, -0.1) is 0 Å². The summed E-state index contributed by atoms with van der Waals surface area (Å²) in [6, 6.07) is 6.82. The first-order chi connectivity index (χ1) is 16.4. The minimum absolute atomic E-state index is 0.00524. The van der Waals surface area contributed by atoms with Crippen molar-refractivity contribution in [1.82, 2.24) is 20.4 Å². The van der Waals surface area contributed by atoms with Gasteiger partial charge in [0.1, 0.15) is 11.6 Å². The van der Waals surface area contributed by atoms with Crippen LogP contribution >= 0.6 is 0 Å². The van der Waals surface area contributed by atoms with E-state index in [1.54, 1.807) is 27.0 Å². The van der Waals surface area contributed by atoms with Crippen LogP contribution in [0.5, 0.6) is 0 Å². The lowest BCUT2D eigenvalue weighted by Crippen LogP contribution is -2.36. The molecule has 2 N–H and O–H groups in total. The lowest BCUT2D eigenvalue weighted by molar-refractivity contribution is -0.130. The van der Waals surface area contributed by atoms with Gasteiger partial charge in [-0.05, 0) is 54.8 Å². The van der Waals surface area contributed by atoms with Crippen molar-refractivity contribution >= 4 is 23.6 Å². The van der Waals surface area contributed by atoms with Gasteiger partial charge < -0.3 is 20.4 Å². The van der Waals surface area contributed by atoms with E-state index in [0.717, 1.165) is 0 Å². The molecule has 0 atom stereocenters. The molecular formula is C25H30F2N4O4. The third kappa shape index (κ3) is 7.59. The lowest BCUT2D eigenvalue weighted by atomic mass is 10.0. The number of hydrogen-bond acceptors (Lipinski definition) is 4. The highest BCUT2D eigenvalue weighted by Gasteiger charge is 2.18. The molecule has 0 bridgehead atoms. The van der Waals surface area contributed by atoms with E-state index in [1.807, 2.05) is 0 Å². The number of aryl methyl sites for hydroxylation is 2. The Morgan fingerprint density at radius 3 is 2.09 bits per heavy atom. The van der Waals surface area contributed by atoms with Crippen molar-refractivity contribution in [2.24, 2.45) is 0 Å². The number of carbonyl (C=O) groups excluding carboxylic acids is 4. The summed E-state index contributed by atoms with van der Waals surface area (Å²) in [5.74, 6) is -3.37. The molecule has 8 nitrogen and oxygen atoms in total. The van der Waals surface area contributed by atoms with E-state index in [-0.39, 0.29) is 49.0 Å². The van der Waals surface area contributed by atoms with E-state index in [9.17, 15) is 28.0 Å². The molecule has 2 aromatic rings. The molecule has 0 aromatic heterocycles. The monoisotopic (exact) mass is 488 g/mol. The number of benzene rings is 2. The van der Waals surface area contributed by atoms with Gasteiger partial charge >= 0.3 is 0 Å². The summed E-state index contributed by atoms with van der Waals surface area (Å²) in [6.45, 7) is 3.20. The number of hydrogen-bond donors (Lipinski definition) is 2. The molecule has 0 spiro atoms. The van der Waals surface area contributed by atoms with Gasteiger partial charge in [0.25, 0.3) is 11.8 Å². The number of nitrogens with zero attached hydrogens (tertiary/aromatic N) is 2. The summed E-state index contributed by atoms with van der Waals surface area (Å²) in [7, 11) is 4.62. The van der Waals surface area contributed by atoms with Gasteiger partial charge in [-0.1, -0.05) is 6.07 Å². The van der Waals surface area contributed by atoms with E-state index in [2.05, 4.69) is 10.6 Å². The summed E-state index contributed by atoms with van der Waals surface area (Å²) in [5, 5.41) is 4.91. The Hall–Kier alpha value is -3.82. The van der Waals surface area contributed by atoms with Crippen molar-refractivity contribution in [1.29, 1.82) is 0 Å². The molecule has 0 aliphatic carbocycles. The number of halogens is 2. The van der Waals surface area contributed by atoms with E-state index in [0.29, 0.717) is 16.7 Å². The fourth-order valence-electron chi connectivity index (χ4n) is 3.19. The van der Waals surface area contributed by atoms with Crippen LogP contribution in [0.4, 0.5) is 8.78 Å². The van der Waals surface area contributed by atoms with Gasteiger partial charge in [-0.25, -0.2) is 8.78 Å². The molecule has 0 radical (unpaired) electrons. The van der Waals surface area contributed by atoms with E-state index in [4.69, 9.17) is 0 Å². The maximum atomic E-state index is 14.4. The molecule has 4 amide bonds. The molecule has 0 heterocycles. The predicted octanol–water partition coefficient (Wildman–Crippen LogP) is 2.18. The molecule has 2 aromatic carbocycles. The van der Waals surface area contributed by atoms with Crippen molar-refractivity contribution < 1.29 is 28.0 Å². The minimum Gasteiger partial charge on any atom is -0.351 e. The molecule has 10 heteroatoms. The fraction of sp³-hybridized carbons (Fsp3) is 0.360. The molecule has 35 heavy (non-hydrogen) atoms. The zero-order valence-electron chi connectivity index (χ0n) is 20.5. The quantitative estimate of drug-likeness (QED) is 0.565. The molecule has 2 rings (SSSR count). The van der Waals surface area contributed by atoms with E-state index >= 15 is 0 Å². The van der Waals surface area contributed by atoms with Crippen LogP contribution in [0.2, 0.25) is 0 Å². The Morgan fingerprint density at radius 2 is 1.46 bits per heavy atom. The van der Waals surface area contributed by atoms with Crippen LogP contribution in [0.3, 0.4) is 0 Å². The third-order valence-electron chi connectivity index (χ3n) is 5.40. The maximum absolute atomic E-state index is 14.4. The van der Waals surface area contributed by atoms with Gasteiger partial charge in [0.2, 0.25) is 11.8 Å². The Morgan fingerprint density at radius 1 is 0.829 bits per heavy atom. The summed E-state index contributed by atoms with van der Waals surface area (Å²) in [5.41, 5.74) is 1.46. The van der Waals surface area contributed by atoms with Crippen molar-refractivity contribution in [3.63, 3.8) is 0 Å². The number of amides is 4. The Labute approximate surface area is 203 Å². The van der Waals surface area contributed by atoms with Crippen LogP contribution in [-0.4, -0.2) is 67.7 Å². The smallest absolute Gasteiger partial charge is 0.254 e. The van der Waals surface area contributed by atoms with Gasteiger partial charge in [0.05, 0.1) is 17.7 Å². The zero-order valence-corrected chi connectivity index (χ0v) is 20.5. The van der Waals surface area contributed by atoms with Crippen LogP contribution < -0.4 is 10.6 Å². The Balaban J connectivity index is 1.97. The maximum Gasteiger partial charge on any atom is 0.254 e. The largest absolute Gasteiger partial charge is 0.351 e. The normalized spacial score (nSPS) is 10.5. The molecule has 188 valence electrons. The zero-order chi connectivity index (χ0) is 26.3. The van der Waals surface area contributed by atoms with Crippen LogP contribution in [0.15, 0.2) is 30.3 Å². The number of carbonyl (C=O) groups is 4. The molecule has 0 fully saturated rings. The average molecular weight is 489 g/mol. The highest BCUT2D eigenvalue weighted by Crippen LogP contribution is 2.18. The summed E-state index contributed by atoms with van der Waals surface area (Å²) in [4.78, 5) is 51.4. The summed E-state index contributed by atoms with van der Waals surface area (Å²) < 4.78 is 28.3. The molecule has 0 saturated heterocycles. The highest BCUT2D eigenvalue weighted by molar-refractivity contribution is 5.97. The van der Waals surface area contributed by atoms with E-state index < -0.39 is 23.4 Å². The molecular weight excluding hydrogens is 458 g/mol. The Bertz CT molecular complexity index is 1130. The predicted molar refractivity (Wildman–Crippen MR) is 127 cm³/mol. The van der Waals surface area contributed by atoms with Crippen molar-refractivity contribution in [3.8, 4) is 0 Å². The SMILES string of the molecule is Cc1ccc(C(=O)NCCC(=O)N(C)Cc2cc(C(=O)NCC(=O)N(C)C)c(F)cc2C)c(F)c1. The molecule has 0 unspecified atom stereocenters. The summed E-state index contributed by atoms with van der Waals surface area (Å²) in [6.07, 6.45) is -0.0318. The third-order valence-corrected chi connectivity index (χ3v) is 5.40. The molecule has 0 aliphatic rings. The second-order valence-corrected chi connectivity index (χ2v) is 8.47. The van der Waals surface area contributed by atoms with Gasteiger partial charge in [-0.2, -0.15) is 0 Å². The summed E-state index contributed by atoms with van der Waals surface area (Å²) >= 11 is 0.